The highest BCUT2D eigenvalue weighted by Crippen LogP contribution is 2.30. The minimum atomic E-state index is 0.297. The smallest absolute Gasteiger partial charge is 0.147 e. The van der Waals surface area contributed by atoms with E-state index in [1.165, 1.54) is 12.8 Å². The van der Waals surface area contributed by atoms with Gasteiger partial charge in [-0.2, -0.15) is 0 Å². The number of aromatic nitrogens is 2. The van der Waals surface area contributed by atoms with Crippen LogP contribution in [0, 0.1) is 5.92 Å². The van der Waals surface area contributed by atoms with Gasteiger partial charge in [-0.25, -0.2) is 9.97 Å². The Bertz CT molecular complexity index is 397. The molecule has 0 unspecified atom stereocenters. The van der Waals surface area contributed by atoms with E-state index in [1.54, 1.807) is 12.4 Å². The van der Waals surface area contributed by atoms with Gasteiger partial charge in [0.25, 0.3) is 0 Å². The molecule has 1 aliphatic rings. The summed E-state index contributed by atoms with van der Waals surface area (Å²) >= 11 is 4.87. The number of hydrogen-bond donors (Lipinski definition) is 1. The maximum atomic E-state index is 5.51. The molecule has 0 spiro atoms. The average Bonchev–Trinajstić information content (AvgIpc) is 3.09. The van der Waals surface area contributed by atoms with Gasteiger partial charge in [-0.3, -0.25) is 0 Å². The van der Waals surface area contributed by atoms with E-state index in [2.05, 4.69) is 28.7 Å². The number of rotatable bonds is 5. The zero-order valence-corrected chi connectivity index (χ0v) is 11.1. The van der Waals surface area contributed by atoms with E-state index in [0.29, 0.717) is 22.6 Å². The van der Waals surface area contributed by atoms with Crippen LogP contribution in [0.15, 0.2) is 12.4 Å². The topological polar surface area (TPSA) is 55.0 Å². The molecule has 0 radical (unpaired) electrons. The molecule has 2 rings (SSSR count). The Kier molecular flexibility index (Phi) is 3.57. The van der Waals surface area contributed by atoms with Crippen molar-refractivity contribution in [1.82, 2.24) is 9.97 Å². The highest BCUT2D eigenvalue weighted by atomic mass is 32.1. The first-order chi connectivity index (χ1) is 8.08. The van der Waals surface area contributed by atoms with Gasteiger partial charge in [0.1, 0.15) is 16.5 Å². The molecule has 2 N–H and O–H groups in total. The van der Waals surface area contributed by atoms with Crippen molar-refractivity contribution in [2.24, 2.45) is 11.7 Å². The Labute approximate surface area is 107 Å². The Balaban J connectivity index is 2.15. The average molecular weight is 250 g/mol. The lowest BCUT2D eigenvalue weighted by Crippen LogP contribution is -2.30. The fourth-order valence-corrected chi connectivity index (χ4v) is 1.91. The largest absolute Gasteiger partial charge is 0.388 e. The van der Waals surface area contributed by atoms with Gasteiger partial charge in [0.05, 0.1) is 12.4 Å². The summed E-state index contributed by atoms with van der Waals surface area (Å²) in [5.74, 6) is 1.55. The molecule has 0 aromatic carbocycles. The molecule has 1 aromatic rings. The third-order valence-corrected chi connectivity index (χ3v) is 2.94. The zero-order valence-electron chi connectivity index (χ0n) is 10.3. The SMILES string of the molecule is CC(C)CN(c1cnc(C(N)=S)cn1)C1CC1. The molecular formula is C12H18N4S. The third kappa shape index (κ3) is 3.12. The van der Waals surface area contributed by atoms with E-state index in [4.69, 9.17) is 18.0 Å². The number of hydrogen-bond acceptors (Lipinski definition) is 4. The summed E-state index contributed by atoms with van der Waals surface area (Å²) < 4.78 is 0. The highest BCUT2D eigenvalue weighted by molar-refractivity contribution is 7.80. The van der Waals surface area contributed by atoms with Crippen molar-refractivity contribution in [2.75, 3.05) is 11.4 Å². The summed E-state index contributed by atoms with van der Waals surface area (Å²) in [7, 11) is 0. The van der Waals surface area contributed by atoms with Crippen LogP contribution in [0.25, 0.3) is 0 Å². The third-order valence-electron chi connectivity index (χ3n) is 2.73. The number of anilines is 1. The van der Waals surface area contributed by atoms with E-state index in [0.717, 1.165) is 12.4 Å². The van der Waals surface area contributed by atoms with Gasteiger partial charge in [0.2, 0.25) is 0 Å². The Hall–Kier alpha value is -1.23. The fourth-order valence-electron chi connectivity index (χ4n) is 1.81. The summed E-state index contributed by atoms with van der Waals surface area (Å²) in [4.78, 5) is 11.3. The molecular weight excluding hydrogens is 232 g/mol. The zero-order chi connectivity index (χ0) is 12.4. The van der Waals surface area contributed by atoms with Crippen molar-refractivity contribution >= 4 is 23.0 Å². The van der Waals surface area contributed by atoms with Crippen LogP contribution in [0.3, 0.4) is 0 Å². The first-order valence-electron chi connectivity index (χ1n) is 5.96. The second kappa shape index (κ2) is 4.96. The molecule has 0 aliphatic heterocycles. The molecule has 0 atom stereocenters. The predicted molar refractivity (Wildman–Crippen MR) is 73.1 cm³/mol. The lowest BCUT2D eigenvalue weighted by atomic mass is 10.2. The van der Waals surface area contributed by atoms with Crippen molar-refractivity contribution in [2.45, 2.75) is 32.7 Å². The van der Waals surface area contributed by atoms with E-state index in [1.807, 2.05) is 0 Å². The summed E-state index contributed by atoms with van der Waals surface area (Å²) in [5.41, 5.74) is 6.10. The van der Waals surface area contributed by atoms with Crippen LogP contribution in [0.5, 0.6) is 0 Å². The molecule has 1 aromatic heterocycles. The minimum absolute atomic E-state index is 0.297. The van der Waals surface area contributed by atoms with Crippen LogP contribution in [-0.4, -0.2) is 27.5 Å². The summed E-state index contributed by atoms with van der Waals surface area (Å²) in [5, 5.41) is 0. The fraction of sp³-hybridized carbons (Fsp3) is 0.583. The molecule has 1 heterocycles. The number of nitrogens with two attached hydrogens (primary N) is 1. The van der Waals surface area contributed by atoms with Gasteiger partial charge in [-0.05, 0) is 18.8 Å². The second-order valence-corrected chi connectivity index (χ2v) is 5.34. The van der Waals surface area contributed by atoms with Gasteiger partial charge >= 0.3 is 0 Å². The predicted octanol–water partition coefficient (Wildman–Crippen LogP) is 1.74. The molecule has 1 aliphatic carbocycles. The van der Waals surface area contributed by atoms with Crippen molar-refractivity contribution in [3.63, 3.8) is 0 Å². The standard InChI is InChI=1S/C12H18N4S/c1-8(2)7-16(9-3-4-9)11-6-14-10(5-15-11)12(13)17/h5-6,8-9H,3-4,7H2,1-2H3,(H2,13,17). The van der Waals surface area contributed by atoms with Gasteiger partial charge in [-0.1, -0.05) is 26.1 Å². The lowest BCUT2D eigenvalue weighted by molar-refractivity contribution is 0.602. The van der Waals surface area contributed by atoms with Crippen molar-refractivity contribution in [1.29, 1.82) is 0 Å². The number of thiocarbonyl (C=S) groups is 1. The van der Waals surface area contributed by atoms with Gasteiger partial charge < -0.3 is 10.6 Å². The van der Waals surface area contributed by atoms with Crippen LogP contribution in [-0.2, 0) is 0 Å². The number of nitrogens with zero attached hydrogens (tertiary/aromatic N) is 3. The van der Waals surface area contributed by atoms with Crippen molar-refractivity contribution < 1.29 is 0 Å². The maximum Gasteiger partial charge on any atom is 0.147 e. The summed E-state index contributed by atoms with van der Waals surface area (Å²) in [6, 6.07) is 0.641. The van der Waals surface area contributed by atoms with Crippen LogP contribution in [0.1, 0.15) is 32.4 Å². The van der Waals surface area contributed by atoms with E-state index >= 15 is 0 Å². The molecule has 1 fully saturated rings. The normalized spacial score (nSPS) is 15.0. The van der Waals surface area contributed by atoms with Crippen molar-refractivity contribution in [3.05, 3.63) is 18.1 Å². The van der Waals surface area contributed by atoms with Gasteiger partial charge in [0.15, 0.2) is 0 Å². The van der Waals surface area contributed by atoms with Crippen molar-refractivity contribution in [3.8, 4) is 0 Å². The van der Waals surface area contributed by atoms with E-state index in [-0.39, 0.29) is 0 Å². The van der Waals surface area contributed by atoms with Gasteiger partial charge in [0, 0.05) is 12.6 Å². The van der Waals surface area contributed by atoms with Crippen LogP contribution in [0.2, 0.25) is 0 Å². The molecule has 92 valence electrons. The second-order valence-electron chi connectivity index (χ2n) is 4.90. The molecule has 5 heteroatoms. The quantitative estimate of drug-likeness (QED) is 0.807. The van der Waals surface area contributed by atoms with Crippen LogP contribution in [0.4, 0.5) is 5.82 Å². The highest BCUT2D eigenvalue weighted by Gasteiger charge is 2.30. The first kappa shape index (κ1) is 12.2. The van der Waals surface area contributed by atoms with Crippen LogP contribution >= 0.6 is 12.2 Å². The Morgan fingerprint density at radius 3 is 2.59 bits per heavy atom. The van der Waals surface area contributed by atoms with E-state index < -0.39 is 0 Å². The minimum Gasteiger partial charge on any atom is -0.388 e. The summed E-state index contributed by atoms with van der Waals surface area (Å²) in [6.45, 7) is 5.45. The maximum absolute atomic E-state index is 5.51. The Morgan fingerprint density at radius 1 is 1.47 bits per heavy atom. The molecule has 0 bridgehead atoms. The molecule has 1 saturated carbocycles. The lowest BCUT2D eigenvalue weighted by Gasteiger charge is -2.25. The molecule has 17 heavy (non-hydrogen) atoms. The molecule has 0 amide bonds. The summed E-state index contributed by atoms with van der Waals surface area (Å²) in [6.07, 6.45) is 5.94. The Morgan fingerprint density at radius 2 is 2.18 bits per heavy atom. The monoisotopic (exact) mass is 250 g/mol. The van der Waals surface area contributed by atoms with E-state index in [9.17, 15) is 0 Å². The van der Waals surface area contributed by atoms with Crippen LogP contribution < -0.4 is 10.6 Å². The molecule has 0 saturated heterocycles. The first-order valence-corrected chi connectivity index (χ1v) is 6.37. The van der Waals surface area contributed by atoms with Gasteiger partial charge in [-0.15, -0.1) is 0 Å². The molecule has 4 nitrogen and oxygen atoms in total.